The summed E-state index contributed by atoms with van der Waals surface area (Å²) in [5.41, 5.74) is 3.20. The monoisotopic (exact) mass is 276 g/mol. The molecule has 0 amide bonds. The van der Waals surface area contributed by atoms with Gasteiger partial charge in [-0.05, 0) is 59.4 Å². The van der Waals surface area contributed by atoms with Gasteiger partial charge in [0.05, 0.1) is 11.8 Å². The third-order valence-corrected chi connectivity index (χ3v) is 4.10. The van der Waals surface area contributed by atoms with Crippen molar-refractivity contribution in [1.29, 1.82) is 5.26 Å². The smallest absolute Gasteiger partial charge is 0.106 e. The van der Waals surface area contributed by atoms with Gasteiger partial charge in [-0.2, -0.15) is 10.4 Å². The molecule has 0 fully saturated rings. The molecular weight excluding hydrogens is 248 g/mol. The Hall–Kier alpha value is -1.34. The third-order valence-electron chi connectivity index (χ3n) is 4.10. The molecule has 4 heteroatoms. The molecule has 0 bridgehead atoms. The maximum atomic E-state index is 9.49. The highest BCUT2D eigenvalue weighted by Gasteiger charge is 2.27. The van der Waals surface area contributed by atoms with Gasteiger partial charge in [-0.1, -0.05) is 6.92 Å². The first-order valence-corrected chi connectivity index (χ1v) is 7.54. The summed E-state index contributed by atoms with van der Waals surface area (Å²) in [7, 11) is 0. The Labute approximate surface area is 123 Å². The van der Waals surface area contributed by atoms with E-state index in [1.54, 1.807) is 0 Å². The molecule has 1 N–H and O–H groups in total. The van der Waals surface area contributed by atoms with Crippen LogP contribution in [0.5, 0.6) is 0 Å². The first-order chi connectivity index (χ1) is 9.35. The molecule has 112 valence electrons. The van der Waals surface area contributed by atoms with Gasteiger partial charge in [-0.3, -0.25) is 10.00 Å². The topological polar surface area (TPSA) is 53.6 Å². The van der Waals surface area contributed by atoms with E-state index in [9.17, 15) is 5.26 Å². The highest BCUT2D eigenvalue weighted by atomic mass is 15.3. The summed E-state index contributed by atoms with van der Waals surface area (Å²) in [6.45, 7) is 13.4. The Bertz CT molecular complexity index is 481. The van der Waals surface area contributed by atoms with Crippen LogP contribution in [0.25, 0.3) is 0 Å². The van der Waals surface area contributed by atoms with Gasteiger partial charge >= 0.3 is 0 Å². The molecule has 1 rings (SSSR count). The lowest BCUT2D eigenvalue weighted by Gasteiger charge is -2.29. The lowest BCUT2D eigenvalue weighted by atomic mass is 9.91. The minimum atomic E-state index is -0.403. The second kappa shape index (κ2) is 6.90. The predicted octanol–water partition coefficient (Wildman–Crippen LogP) is 3.26. The number of rotatable bonds is 7. The van der Waals surface area contributed by atoms with Crippen molar-refractivity contribution in [3.05, 3.63) is 17.0 Å². The fourth-order valence-corrected chi connectivity index (χ4v) is 2.61. The molecule has 0 aliphatic heterocycles. The number of aryl methyl sites for hydroxylation is 2. The Morgan fingerprint density at radius 1 is 1.35 bits per heavy atom. The molecule has 1 atom stereocenters. The number of nitriles is 1. The van der Waals surface area contributed by atoms with E-state index in [4.69, 9.17) is 0 Å². The van der Waals surface area contributed by atoms with Gasteiger partial charge < -0.3 is 0 Å². The van der Waals surface area contributed by atoms with E-state index in [0.29, 0.717) is 6.04 Å². The minimum absolute atomic E-state index is 0.325. The number of nitrogens with zero attached hydrogens (tertiary/aromatic N) is 3. The van der Waals surface area contributed by atoms with Crippen molar-refractivity contribution in [2.75, 3.05) is 0 Å². The Balaban J connectivity index is 2.65. The molecule has 1 heterocycles. The molecule has 1 unspecified atom stereocenters. The van der Waals surface area contributed by atoms with Crippen molar-refractivity contribution in [3.8, 4) is 6.07 Å². The summed E-state index contributed by atoms with van der Waals surface area (Å²) in [6, 6.07) is 2.80. The lowest BCUT2D eigenvalue weighted by molar-refractivity contribution is 0.326. The number of hydrogen-bond acceptors (Lipinski definition) is 3. The molecule has 0 radical (unpaired) electrons. The molecule has 1 aromatic heterocycles. The zero-order valence-corrected chi connectivity index (χ0v) is 13.7. The summed E-state index contributed by atoms with van der Waals surface area (Å²) in [4.78, 5) is 0. The van der Waals surface area contributed by atoms with Gasteiger partial charge in [0.2, 0.25) is 0 Å². The first kappa shape index (κ1) is 16.7. The fourth-order valence-electron chi connectivity index (χ4n) is 2.61. The van der Waals surface area contributed by atoms with Crippen LogP contribution in [0.2, 0.25) is 0 Å². The molecular formula is C16H28N4. The number of nitrogens with one attached hydrogen (secondary N) is 1. The van der Waals surface area contributed by atoms with Gasteiger partial charge in [0.25, 0.3) is 0 Å². The molecule has 0 saturated carbocycles. The van der Waals surface area contributed by atoms with Crippen LogP contribution in [0.15, 0.2) is 0 Å². The molecule has 0 aliphatic carbocycles. The van der Waals surface area contributed by atoms with Crippen LogP contribution in [-0.2, 0) is 6.54 Å². The van der Waals surface area contributed by atoms with E-state index in [-0.39, 0.29) is 0 Å². The highest BCUT2D eigenvalue weighted by molar-refractivity contribution is 5.22. The molecule has 4 nitrogen and oxygen atoms in total. The number of aromatic nitrogens is 2. The SMILES string of the molecule is CCC(C#N)(CCCn1nc(C)c(C)c1C)NC(C)C. The van der Waals surface area contributed by atoms with Crippen LogP contribution in [-0.4, -0.2) is 21.4 Å². The summed E-state index contributed by atoms with van der Waals surface area (Å²) >= 11 is 0. The van der Waals surface area contributed by atoms with E-state index < -0.39 is 5.54 Å². The van der Waals surface area contributed by atoms with E-state index in [0.717, 1.165) is 31.5 Å². The zero-order chi connectivity index (χ0) is 15.3. The summed E-state index contributed by atoms with van der Waals surface area (Å²) < 4.78 is 2.07. The zero-order valence-electron chi connectivity index (χ0n) is 13.7. The average Bonchev–Trinajstić information content (AvgIpc) is 2.65. The number of hydrogen-bond donors (Lipinski definition) is 1. The highest BCUT2D eigenvalue weighted by Crippen LogP contribution is 2.19. The Morgan fingerprint density at radius 2 is 2.00 bits per heavy atom. The fraction of sp³-hybridized carbons (Fsp3) is 0.750. The van der Waals surface area contributed by atoms with Crippen LogP contribution in [0.1, 0.15) is 57.0 Å². The largest absolute Gasteiger partial charge is 0.297 e. The Morgan fingerprint density at radius 3 is 2.40 bits per heavy atom. The van der Waals surface area contributed by atoms with Crippen molar-refractivity contribution in [1.82, 2.24) is 15.1 Å². The Kier molecular flexibility index (Phi) is 5.76. The van der Waals surface area contributed by atoms with Crippen molar-refractivity contribution < 1.29 is 0 Å². The molecule has 0 aliphatic rings. The molecule has 1 aromatic rings. The summed E-state index contributed by atoms with van der Waals surface area (Å²) in [5.74, 6) is 0. The molecule has 0 aromatic carbocycles. The van der Waals surface area contributed by atoms with E-state index in [1.165, 1.54) is 11.3 Å². The van der Waals surface area contributed by atoms with Crippen molar-refractivity contribution in [3.63, 3.8) is 0 Å². The van der Waals surface area contributed by atoms with Crippen LogP contribution in [0.4, 0.5) is 0 Å². The van der Waals surface area contributed by atoms with Crippen molar-refractivity contribution in [2.24, 2.45) is 0 Å². The van der Waals surface area contributed by atoms with Gasteiger partial charge in [-0.15, -0.1) is 0 Å². The maximum absolute atomic E-state index is 9.49. The van der Waals surface area contributed by atoms with Crippen LogP contribution in [0.3, 0.4) is 0 Å². The van der Waals surface area contributed by atoms with E-state index in [2.05, 4.69) is 55.8 Å². The summed E-state index contributed by atoms with van der Waals surface area (Å²) in [6.07, 6.45) is 2.65. The maximum Gasteiger partial charge on any atom is 0.106 e. The minimum Gasteiger partial charge on any atom is -0.297 e. The standard InChI is InChI=1S/C16H28N4/c1-7-16(11-17,18-12(2)3)9-8-10-20-15(6)13(4)14(5)19-20/h12,18H,7-10H2,1-6H3. The second-order valence-electron chi connectivity index (χ2n) is 5.97. The van der Waals surface area contributed by atoms with Gasteiger partial charge in [0.1, 0.15) is 5.54 Å². The van der Waals surface area contributed by atoms with Crippen LogP contribution < -0.4 is 5.32 Å². The van der Waals surface area contributed by atoms with Crippen molar-refractivity contribution >= 4 is 0 Å². The van der Waals surface area contributed by atoms with Gasteiger partial charge in [0.15, 0.2) is 0 Å². The van der Waals surface area contributed by atoms with Gasteiger partial charge in [0, 0.05) is 18.3 Å². The van der Waals surface area contributed by atoms with Gasteiger partial charge in [-0.25, -0.2) is 0 Å². The van der Waals surface area contributed by atoms with Crippen LogP contribution in [0, 0.1) is 32.1 Å². The molecule has 0 spiro atoms. The lowest BCUT2D eigenvalue weighted by Crippen LogP contribution is -2.47. The normalized spacial score (nSPS) is 14.3. The van der Waals surface area contributed by atoms with Crippen molar-refractivity contribution in [2.45, 2.75) is 78.9 Å². The third kappa shape index (κ3) is 3.83. The first-order valence-electron chi connectivity index (χ1n) is 7.54. The van der Waals surface area contributed by atoms with E-state index in [1.807, 2.05) is 6.92 Å². The molecule has 0 saturated heterocycles. The van der Waals surface area contributed by atoms with E-state index >= 15 is 0 Å². The second-order valence-corrected chi connectivity index (χ2v) is 5.97. The summed E-state index contributed by atoms with van der Waals surface area (Å²) in [5, 5.41) is 17.5. The van der Waals surface area contributed by atoms with Crippen LogP contribution >= 0.6 is 0 Å². The molecule has 20 heavy (non-hydrogen) atoms. The predicted molar refractivity (Wildman–Crippen MR) is 82.6 cm³/mol. The quantitative estimate of drug-likeness (QED) is 0.831. The average molecular weight is 276 g/mol.